The van der Waals surface area contributed by atoms with Crippen molar-refractivity contribution in [2.45, 2.75) is 0 Å². The van der Waals surface area contributed by atoms with E-state index < -0.39 is 15.9 Å². The lowest BCUT2D eigenvalue weighted by molar-refractivity contribution is -0.114. The molecule has 1 amide bonds. The molecule has 0 aliphatic carbocycles. The van der Waals surface area contributed by atoms with Crippen LogP contribution < -0.4 is 5.73 Å². The minimum absolute atomic E-state index is 0.0487. The van der Waals surface area contributed by atoms with Crippen LogP contribution in [0.1, 0.15) is 0 Å². The smallest absolute Gasteiger partial charge is 0.256 e. The molecule has 0 fully saturated rings. The minimum atomic E-state index is -3.34. The van der Waals surface area contributed by atoms with Crippen LogP contribution in [0.15, 0.2) is 28.3 Å². The van der Waals surface area contributed by atoms with Gasteiger partial charge in [0.25, 0.3) is 10.0 Å². The zero-order valence-electron chi connectivity index (χ0n) is 7.75. The van der Waals surface area contributed by atoms with Crippen LogP contribution in [0, 0.1) is 0 Å². The van der Waals surface area contributed by atoms with Gasteiger partial charge in [0.1, 0.15) is 5.84 Å². The van der Waals surface area contributed by atoms with E-state index >= 15 is 0 Å². The van der Waals surface area contributed by atoms with Crippen molar-refractivity contribution < 1.29 is 13.2 Å². The average Bonchev–Trinajstić information content (AvgIpc) is 2.15. The van der Waals surface area contributed by atoms with Crippen LogP contribution in [-0.2, 0) is 14.8 Å². The van der Waals surface area contributed by atoms with Gasteiger partial charge in [0.15, 0.2) is 0 Å². The van der Waals surface area contributed by atoms with E-state index in [4.69, 9.17) is 5.73 Å². The van der Waals surface area contributed by atoms with E-state index in [1.807, 2.05) is 0 Å². The molecule has 7 heteroatoms. The van der Waals surface area contributed by atoms with Crippen molar-refractivity contribution in [3.05, 3.63) is 23.9 Å². The molecule has 2 rings (SSSR count). The van der Waals surface area contributed by atoms with Gasteiger partial charge in [-0.1, -0.05) is 0 Å². The largest absolute Gasteiger partial charge is 0.366 e. The Hall–Kier alpha value is -1.63. The van der Waals surface area contributed by atoms with Crippen LogP contribution in [0.3, 0.4) is 0 Å². The second kappa shape index (κ2) is 3.20. The number of fused-ring (bicyclic) bond motifs is 1. The molecular weight excluding hydrogens is 218 g/mol. The van der Waals surface area contributed by atoms with Gasteiger partial charge in [0.2, 0.25) is 5.91 Å². The highest BCUT2D eigenvalue weighted by molar-refractivity contribution is 7.90. The van der Waals surface area contributed by atoms with Gasteiger partial charge in [0.05, 0.1) is 11.3 Å². The zero-order chi connectivity index (χ0) is 11.1. The summed E-state index contributed by atoms with van der Waals surface area (Å²) < 4.78 is 25.9. The van der Waals surface area contributed by atoms with Crippen molar-refractivity contribution >= 4 is 21.8 Å². The molecular formula is C8H9N3O3S. The van der Waals surface area contributed by atoms with E-state index in [2.05, 4.69) is 4.40 Å². The van der Waals surface area contributed by atoms with Crippen molar-refractivity contribution in [3.8, 4) is 0 Å². The van der Waals surface area contributed by atoms with Crippen LogP contribution in [-0.4, -0.2) is 37.4 Å². The molecule has 0 unspecified atom stereocenters. The summed E-state index contributed by atoms with van der Waals surface area (Å²) in [5.74, 6) is -0.266. The number of primary amides is 1. The summed E-state index contributed by atoms with van der Waals surface area (Å²) in [6.07, 6.45) is 4.44. The lowest BCUT2D eigenvalue weighted by Gasteiger charge is -2.26. The molecule has 80 valence electrons. The maximum atomic E-state index is 11.2. The number of nitrogens with two attached hydrogens (primary N) is 1. The SMILES string of the molecule is NC(=O)C1=CN2CCS(=O)(=O)N=C2C=C1. The molecule has 0 atom stereocenters. The fourth-order valence-corrected chi connectivity index (χ4v) is 2.32. The van der Waals surface area contributed by atoms with E-state index in [0.717, 1.165) is 0 Å². The van der Waals surface area contributed by atoms with Gasteiger partial charge in [-0.05, 0) is 12.2 Å². The fraction of sp³-hybridized carbons (Fsp3) is 0.250. The van der Waals surface area contributed by atoms with Crippen LogP contribution >= 0.6 is 0 Å². The summed E-state index contributed by atoms with van der Waals surface area (Å²) >= 11 is 0. The van der Waals surface area contributed by atoms with Gasteiger partial charge >= 0.3 is 0 Å². The quantitative estimate of drug-likeness (QED) is 0.619. The van der Waals surface area contributed by atoms with Gasteiger partial charge in [-0.2, -0.15) is 0 Å². The molecule has 0 radical (unpaired) electrons. The van der Waals surface area contributed by atoms with E-state index in [0.29, 0.717) is 18.0 Å². The highest BCUT2D eigenvalue weighted by atomic mass is 32.2. The molecule has 0 saturated carbocycles. The van der Waals surface area contributed by atoms with E-state index in [-0.39, 0.29) is 5.75 Å². The zero-order valence-corrected chi connectivity index (χ0v) is 8.57. The predicted octanol–water partition coefficient (Wildman–Crippen LogP) is -1.03. The predicted molar refractivity (Wildman–Crippen MR) is 54.3 cm³/mol. The van der Waals surface area contributed by atoms with Crippen molar-refractivity contribution in [2.24, 2.45) is 10.1 Å². The van der Waals surface area contributed by atoms with Crippen LogP contribution in [0.2, 0.25) is 0 Å². The first-order chi connectivity index (χ1) is 6.98. The highest BCUT2D eigenvalue weighted by Gasteiger charge is 2.24. The average molecular weight is 227 g/mol. The van der Waals surface area contributed by atoms with Crippen molar-refractivity contribution in [1.82, 2.24) is 4.90 Å². The Labute approximate surface area is 86.8 Å². The summed E-state index contributed by atoms with van der Waals surface area (Å²) in [6, 6.07) is 0. The molecule has 2 N–H and O–H groups in total. The number of nitrogens with zero attached hydrogens (tertiary/aromatic N) is 2. The Balaban J connectivity index is 2.38. The van der Waals surface area contributed by atoms with Crippen molar-refractivity contribution in [2.75, 3.05) is 12.3 Å². The Bertz CT molecular complexity index is 501. The third-order valence-corrected chi connectivity index (χ3v) is 3.27. The van der Waals surface area contributed by atoms with E-state index in [1.54, 1.807) is 4.90 Å². The van der Waals surface area contributed by atoms with Crippen molar-refractivity contribution in [3.63, 3.8) is 0 Å². The monoisotopic (exact) mass is 227 g/mol. The number of sulfonamides is 1. The van der Waals surface area contributed by atoms with Gasteiger partial charge in [-0.15, -0.1) is 4.40 Å². The number of amidine groups is 1. The van der Waals surface area contributed by atoms with E-state index in [1.165, 1.54) is 18.4 Å². The second-order valence-electron chi connectivity index (χ2n) is 3.21. The number of carbonyl (C=O) groups excluding carboxylic acids is 1. The highest BCUT2D eigenvalue weighted by Crippen LogP contribution is 2.15. The van der Waals surface area contributed by atoms with Gasteiger partial charge < -0.3 is 10.6 Å². The van der Waals surface area contributed by atoms with Gasteiger partial charge in [-0.3, -0.25) is 4.79 Å². The normalized spacial score (nSPS) is 22.8. The molecule has 0 aromatic rings. The lowest BCUT2D eigenvalue weighted by Crippen LogP contribution is -2.37. The Kier molecular flexibility index (Phi) is 2.11. The van der Waals surface area contributed by atoms with Crippen LogP contribution in [0.5, 0.6) is 0 Å². The summed E-state index contributed by atoms with van der Waals surface area (Å²) in [5, 5.41) is 0. The molecule has 0 aromatic heterocycles. The first-order valence-electron chi connectivity index (χ1n) is 4.27. The fourth-order valence-electron chi connectivity index (χ4n) is 1.35. The summed E-state index contributed by atoms with van der Waals surface area (Å²) in [5.41, 5.74) is 5.44. The Morgan fingerprint density at radius 1 is 1.47 bits per heavy atom. The maximum Gasteiger partial charge on any atom is 0.256 e. The first-order valence-corrected chi connectivity index (χ1v) is 5.88. The third kappa shape index (κ3) is 1.91. The first kappa shape index (κ1) is 9.91. The Morgan fingerprint density at radius 3 is 2.87 bits per heavy atom. The lowest BCUT2D eigenvalue weighted by atomic mass is 10.2. The molecule has 2 aliphatic heterocycles. The molecule has 2 heterocycles. The molecule has 0 spiro atoms. The molecule has 2 aliphatic rings. The van der Waals surface area contributed by atoms with Crippen LogP contribution in [0.25, 0.3) is 0 Å². The van der Waals surface area contributed by atoms with Gasteiger partial charge in [-0.25, -0.2) is 8.42 Å². The Morgan fingerprint density at radius 2 is 2.20 bits per heavy atom. The molecule has 15 heavy (non-hydrogen) atoms. The molecule has 0 aromatic carbocycles. The molecule has 0 saturated heterocycles. The molecule has 6 nitrogen and oxygen atoms in total. The maximum absolute atomic E-state index is 11.2. The van der Waals surface area contributed by atoms with E-state index in [9.17, 15) is 13.2 Å². The number of hydrogen-bond acceptors (Lipinski definition) is 4. The number of amides is 1. The van der Waals surface area contributed by atoms with Crippen molar-refractivity contribution in [1.29, 1.82) is 0 Å². The number of rotatable bonds is 1. The van der Waals surface area contributed by atoms with Gasteiger partial charge in [0, 0.05) is 12.7 Å². The second-order valence-corrected chi connectivity index (χ2v) is 4.97. The standard InChI is InChI=1S/C8H9N3O3S/c9-8(12)6-1-2-7-10-15(13,14)4-3-11(7)5-6/h1-2,5H,3-4H2,(H2,9,12). The molecule has 0 bridgehead atoms. The minimum Gasteiger partial charge on any atom is -0.366 e. The third-order valence-electron chi connectivity index (χ3n) is 2.11. The summed E-state index contributed by atoms with van der Waals surface area (Å²) in [6.45, 7) is 0.294. The summed E-state index contributed by atoms with van der Waals surface area (Å²) in [7, 11) is -3.34. The summed E-state index contributed by atoms with van der Waals surface area (Å²) in [4.78, 5) is 12.5. The number of carbonyl (C=O) groups is 1. The number of hydrogen-bond donors (Lipinski definition) is 1. The van der Waals surface area contributed by atoms with Crippen LogP contribution in [0.4, 0.5) is 0 Å². The topological polar surface area (TPSA) is 92.8 Å².